The number of carbonyl (C=O) groups excluding carboxylic acids is 1. The highest BCUT2D eigenvalue weighted by molar-refractivity contribution is 5.91. The standard InChI is InChI=1S/C12H16N2O4.C2H6/c1-4-9-6-10(13-8(3)15)11(14(16)17)7-12(9)18-5-2;1-2/h6-7H,4-5H2,1-3H3,(H,13,15);1-2H3. The summed E-state index contributed by atoms with van der Waals surface area (Å²) < 4.78 is 5.36. The Morgan fingerprint density at radius 1 is 1.35 bits per heavy atom. The third kappa shape index (κ3) is 4.87. The third-order valence-corrected chi connectivity index (χ3v) is 2.37. The molecule has 0 spiro atoms. The normalized spacial score (nSPS) is 9.25. The number of nitro groups is 1. The molecule has 1 aromatic rings. The molecule has 6 nitrogen and oxygen atoms in total. The Kier molecular flexibility index (Phi) is 7.96. The second-order valence-electron chi connectivity index (χ2n) is 3.70. The van der Waals surface area contributed by atoms with Crippen LogP contribution in [0.4, 0.5) is 11.4 Å². The van der Waals surface area contributed by atoms with E-state index >= 15 is 0 Å². The molecule has 0 radical (unpaired) electrons. The maximum Gasteiger partial charge on any atom is 0.296 e. The average Bonchev–Trinajstić information content (AvgIpc) is 2.41. The topological polar surface area (TPSA) is 81.5 Å². The molecule has 1 rings (SSSR count). The Bertz CT molecular complexity index is 472. The van der Waals surface area contributed by atoms with Gasteiger partial charge in [0.2, 0.25) is 5.91 Å². The van der Waals surface area contributed by atoms with E-state index in [1.165, 1.54) is 13.0 Å². The van der Waals surface area contributed by atoms with Crippen LogP contribution in [-0.4, -0.2) is 17.4 Å². The Balaban J connectivity index is 0.00000172. The molecule has 6 heteroatoms. The summed E-state index contributed by atoms with van der Waals surface area (Å²) in [6, 6.07) is 2.94. The second kappa shape index (κ2) is 8.90. The molecule has 0 heterocycles. The number of aryl methyl sites for hydroxylation is 1. The van der Waals surface area contributed by atoms with Crippen LogP contribution >= 0.6 is 0 Å². The van der Waals surface area contributed by atoms with Crippen LogP contribution < -0.4 is 10.1 Å². The van der Waals surface area contributed by atoms with Crippen molar-refractivity contribution in [1.82, 2.24) is 0 Å². The lowest BCUT2D eigenvalue weighted by Gasteiger charge is -2.11. The van der Waals surface area contributed by atoms with Gasteiger partial charge in [-0.2, -0.15) is 0 Å². The highest BCUT2D eigenvalue weighted by Gasteiger charge is 2.19. The number of nitrogens with zero attached hydrogens (tertiary/aromatic N) is 1. The lowest BCUT2D eigenvalue weighted by Crippen LogP contribution is -2.09. The van der Waals surface area contributed by atoms with Crippen molar-refractivity contribution in [2.45, 2.75) is 41.0 Å². The van der Waals surface area contributed by atoms with Crippen molar-refractivity contribution in [3.63, 3.8) is 0 Å². The molecule has 0 aliphatic heterocycles. The lowest BCUT2D eigenvalue weighted by molar-refractivity contribution is -0.384. The zero-order valence-electron chi connectivity index (χ0n) is 12.6. The zero-order valence-corrected chi connectivity index (χ0v) is 12.6. The molecule has 0 aliphatic rings. The van der Waals surface area contributed by atoms with Crippen LogP contribution in [0.2, 0.25) is 0 Å². The molecule has 0 saturated heterocycles. The van der Waals surface area contributed by atoms with Crippen molar-refractivity contribution < 1.29 is 14.5 Å². The molecule has 20 heavy (non-hydrogen) atoms. The van der Waals surface area contributed by atoms with Crippen LogP contribution in [0.5, 0.6) is 5.75 Å². The van der Waals surface area contributed by atoms with E-state index in [0.29, 0.717) is 18.8 Å². The Morgan fingerprint density at radius 3 is 2.35 bits per heavy atom. The number of hydrogen-bond donors (Lipinski definition) is 1. The zero-order chi connectivity index (χ0) is 15.7. The Morgan fingerprint density at radius 2 is 1.95 bits per heavy atom. The van der Waals surface area contributed by atoms with Gasteiger partial charge in [-0.25, -0.2) is 0 Å². The van der Waals surface area contributed by atoms with Crippen molar-refractivity contribution in [1.29, 1.82) is 0 Å². The number of nitro benzene ring substituents is 1. The van der Waals surface area contributed by atoms with Gasteiger partial charge < -0.3 is 10.1 Å². The van der Waals surface area contributed by atoms with Gasteiger partial charge in [-0.1, -0.05) is 20.8 Å². The average molecular weight is 282 g/mol. The predicted molar refractivity (Wildman–Crippen MR) is 79.3 cm³/mol. The first-order valence-corrected chi connectivity index (χ1v) is 6.71. The maximum absolute atomic E-state index is 11.0. The van der Waals surface area contributed by atoms with E-state index in [9.17, 15) is 14.9 Å². The monoisotopic (exact) mass is 282 g/mol. The van der Waals surface area contributed by atoms with E-state index in [1.54, 1.807) is 6.07 Å². The lowest BCUT2D eigenvalue weighted by atomic mass is 10.1. The van der Waals surface area contributed by atoms with Crippen molar-refractivity contribution in [2.75, 3.05) is 11.9 Å². The van der Waals surface area contributed by atoms with Crippen LogP contribution in [0.25, 0.3) is 0 Å². The highest BCUT2D eigenvalue weighted by atomic mass is 16.6. The van der Waals surface area contributed by atoms with Gasteiger partial charge in [0.05, 0.1) is 17.6 Å². The minimum absolute atomic E-state index is 0.161. The van der Waals surface area contributed by atoms with Gasteiger partial charge in [0.1, 0.15) is 11.4 Å². The van der Waals surface area contributed by atoms with Crippen molar-refractivity contribution in [3.05, 3.63) is 27.8 Å². The number of rotatable bonds is 5. The Labute approximate surface area is 119 Å². The molecule has 0 saturated carbocycles. The second-order valence-corrected chi connectivity index (χ2v) is 3.70. The van der Waals surface area contributed by atoms with Gasteiger partial charge in [0, 0.05) is 6.92 Å². The van der Waals surface area contributed by atoms with Crippen LogP contribution in [0.3, 0.4) is 0 Å². The molecule has 1 aromatic carbocycles. The predicted octanol–water partition coefficient (Wildman–Crippen LogP) is 3.54. The molecule has 112 valence electrons. The number of hydrogen-bond acceptors (Lipinski definition) is 4. The minimum atomic E-state index is -0.534. The summed E-state index contributed by atoms with van der Waals surface area (Å²) in [6.07, 6.45) is 0.667. The van der Waals surface area contributed by atoms with Crippen molar-refractivity contribution in [3.8, 4) is 5.75 Å². The van der Waals surface area contributed by atoms with E-state index in [4.69, 9.17) is 4.74 Å². The van der Waals surface area contributed by atoms with E-state index in [2.05, 4.69) is 5.32 Å². The fourth-order valence-electron chi connectivity index (χ4n) is 1.62. The summed E-state index contributed by atoms with van der Waals surface area (Å²) in [5.41, 5.74) is 0.866. The molecule has 0 aliphatic carbocycles. The molecule has 0 fully saturated rings. The van der Waals surface area contributed by atoms with Gasteiger partial charge in [-0.05, 0) is 25.0 Å². The van der Waals surface area contributed by atoms with E-state index in [-0.39, 0.29) is 17.3 Å². The van der Waals surface area contributed by atoms with Crippen LogP contribution in [0, 0.1) is 10.1 Å². The molecule has 0 bridgehead atoms. The highest BCUT2D eigenvalue weighted by Crippen LogP contribution is 2.33. The van der Waals surface area contributed by atoms with Gasteiger partial charge in [-0.3, -0.25) is 14.9 Å². The summed E-state index contributed by atoms with van der Waals surface area (Å²) >= 11 is 0. The van der Waals surface area contributed by atoms with Crippen LogP contribution in [0.15, 0.2) is 12.1 Å². The van der Waals surface area contributed by atoms with Gasteiger partial charge in [0.15, 0.2) is 0 Å². The fourth-order valence-corrected chi connectivity index (χ4v) is 1.62. The van der Waals surface area contributed by atoms with Crippen molar-refractivity contribution >= 4 is 17.3 Å². The first kappa shape index (κ1) is 17.9. The van der Waals surface area contributed by atoms with Crippen LogP contribution in [-0.2, 0) is 11.2 Å². The van der Waals surface area contributed by atoms with E-state index in [0.717, 1.165) is 5.56 Å². The number of carbonyl (C=O) groups is 1. The summed E-state index contributed by atoms with van der Waals surface area (Å²) in [4.78, 5) is 21.5. The number of ether oxygens (including phenoxy) is 1. The van der Waals surface area contributed by atoms with Gasteiger partial charge >= 0.3 is 0 Å². The Hall–Kier alpha value is -2.11. The van der Waals surface area contributed by atoms with Gasteiger partial charge in [-0.15, -0.1) is 0 Å². The van der Waals surface area contributed by atoms with E-state index < -0.39 is 4.92 Å². The first-order chi connectivity index (χ1) is 9.49. The molecule has 0 aromatic heterocycles. The number of benzene rings is 1. The molecule has 1 amide bonds. The molecular weight excluding hydrogens is 260 g/mol. The number of amides is 1. The maximum atomic E-state index is 11.0. The van der Waals surface area contributed by atoms with Gasteiger partial charge in [0.25, 0.3) is 5.69 Å². The fraction of sp³-hybridized carbons (Fsp3) is 0.500. The van der Waals surface area contributed by atoms with Crippen molar-refractivity contribution in [2.24, 2.45) is 0 Å². The minimum Gasteiger partial charge on any atom is -0.493 e. The summed E-state index contributed by atoms with van der Waals surface area (Å²) in [6.45, 7) is 9.48. The molecular formula is C14H22N2O4. The molecule has 0 atom stereocenters. The third-order valence-electron chi connectivity index (χ3n) is 2.37. The largest absolute Gasteiger partial charge is 0.493 e. The van der Waals surface area contributed by atoms with Crippen LogP contribution in [0.1, 0.15) is 40.2 Å². The quantitative estimate of drug-likeness (QED) is 0.661. The first-order valence-electron chi connectivity index (χ1n) is 6.71. The smallest absolute Gasteiger partial charge is 0.296 e. The molecule has 0 unspecified atom stereocenters. The number of anilines is 1. The number of nitrogens with one attached hydrogen (secondary N) is 1. The molecule has 1 N–H and O–H groups in total. The SMILES string of the molecule is CC.CCOc1cc([N+](=O)[O-])c(NC(C)=O)cc1CC. The summed E-state index contributed by atoms with van der Waals surface area (Å²) in [7, 11) is 0. The summed E-state index contributed by atoms with van der Waals surface area (Å²) in [5, 5.41) is 13.4. The van der Waals surface area contributed by atoms with E-state index in [1.807, 2.05) is 27.7 Å². The summed E-state index contributed by atoms with van der Waals surface area (Å²) in [5.74, 6) is 0.144.